The third-order valence-electron chi connectivity index (χ3n) is 7.92. The zero-order chi connectivity index (χ0) is 25.9. The summed E-state index contributed by atoms with van der Waals surface area (Å²) >= 11 is 1.50. The molecule has 3 aromatic carbocycles. The molecule has 1 heterocycles. The van der Waals surface area contributed by atoms with Crippen molar-refractivity contribution in [1.82, 2.24) is 5.32 Å². The first-order valence-corrected chi connectivity index (χ1v) is 14.0. The number of nitrogens with one attached hydrogen (secondary N) is 1. The van der Waals surface area contributed by atoms with Gasteiger partial charge in [0.25, 0.3) is 11.8 Å². The Balaban J connectivity index is 1.35. The largest absolute Gasteiger partial charge is 0.349 e. The molecule has 2 aliphatic rings. The fraction of sp³-hybridized carbons (Fsp3) is 0.312. The van der Waals surface area contributed by atoms with E-state index in [2.05, 4.69) is 44.3 Å². The van der Waals surface area contributed by atoms with Crippen LogP contribution in [0, 0.1) is 18.8 Å². The Morgan fingerprint density at radius 1 is 1.00 bits per heavy atom. The van der Waals surface area contributed by atoms with Crippen LogP contribution in [0.1, 0.15) is 60.2 Å². The van der Waals surface area contributed by atoms with Gasteiger partial charge >= 0.3 is 0 Å². The van der Waals surface area contributed by atoms with Crippen LogP contribution in [0.5, 0.6) is 0 Å². The van der Waals surface area contributed by atoms with Crippen molar-refractivity contribution >= 4 is 35.3 Å². The summed E-state index contributed by atoms with van der Waals surface area (Å²) in [5.41, 5.74) is 4.80. The molecule has 0 radical (unpaired) electrons. The number of rotatable bonds is 5. The van der Waals surface area contributed by atoms with E-state index in [1.54, 1.807) is 0 Å². The minimum Gasteiger partial charge on any atom is -0.349 e. The normalized spacial score (nSPS) is 22.6. The summed E-state index contributed by atoms with van der Waals surface area (Å²) in [7, 11) is 0. The topological polar surface area (TPSA) is 49.4 Å². The molecule has 5 heteroatoms. The van der Waals surface area contributed by atoms with Gasteiger partial charge in [0, 0.05) is 16.5 Å². The summed E-state index contributed by atoms with van der Waals surface area (Å²) < 4.78 is 0. The fourth-order valence-electron chi connectivity index (χ4n) is 5.30. The molecule has 0 bridgehead atoms. The van der Waals surface area contributed by atoms with Gasteiger partial charge in [-0.2, -0.15) is 0 Å². The van der Waals surface area contributed by atoms with Crippen molar-refractivity contribution in [2.75, 3.05) is 4.90 Å². The summed E-state index contributed by atoms with van der Waals surface area (Å²) in [4.78, 5) is 30.2. The lowest BCUT2D eigenvalue weighted by Gasteiger charge is -2.34. The van der Waals surface area contributed by atoms with E-state index in [0.29, 0.717) is 28.8 Å². The number of hydrogen-bond acceptors (Lipinski definition) is 3. The molecule has 4 nitrogen and oxygen atoms in total. The number of nitrogens with zero attached hydrogens (tertiary/aromatic N) is 1. The van der Waals surface area contributed by atoms with Crippen molar-refractivity contribution in [3.63, 3.8) is 0 Å². The van der Waals surface area contributed by atoms with Gasteiger partial charge in [-0.15, -0.1) is 0 Å². The number of amides is 2. The molecule has 0 spiro atoms. The third kappa shape index (κ3) is 5.52. The van der Waals surface area contributed by atoms with E-state index in [-0.39, 0.29) is 17.9 Å². The fourth-order valence-corrected chi connectivity index (χ4v) is 6.36. The van der Waals surface area contributed by atoms with E-state index in [1.165, 1.54) is 30.2 Å². The average molecular weight is 511 g/mol. The molecule has 1 aliphatic heterocycles. The quantitative estimate of drug-likeness (QED) is 0.368. The zero-order valence-electron chi connectivity index (χ0n) is 21.7. The molecule has 3 atom stereocenters. The second-order valence-electron chi connectivity index (χ2n) is 10.4. The Bertz CT molecular complexity index is 1330. The average Bonchev–Trinajstić information content (AvgIpc) is 2.90. The van der Waals surface area contributed by atoms with Crippen molar-refractivity contribution < 1.29 is 9.59 Å². The third-order valence-corrected chi connectivity index (χ3v) is 8.99. The highest BCUT2D eigenvalue weighted by Crippen LogP contribution is 2.42. The number of hydrogen-bond donors (Lipinski definition) is 1. The van der Waals surface area contributed by atoms with Crippen molar-refractivity contribution in [1.29, 1.82) is 0 Å². The molecule has 0 saturated heterocycles. The summed E-state index contributed by atoms with van der Waals surface area (Å²) in [6.07, 6.45) is 5.38. The summed E-state index contributed by atoms with van der Waals surface area (Å²) in [6, 6.07) is 24.0. The zero-order valence-corrected chi connectivity index (χ0v) is 22.6. The first-order chi connectivity index (χ1) is 17.9. The molecule has 1 fully saturated rings. The molecule has 0 aromatic heterocycles. The molecule has 5 rings (SSSR count). The van der Waals surface area contributed by atoms with Crippen LogP contribution in [0.4, 0.5) is 5.69 Å². The summed E-state index contributed by atoms with van der Waals surface area (Å²) in [5, 5.41) is 3.25. The minimum atomic E-state index is -0.0217. The van der Waals surface area contributed by atoms with Gasteiger partial charge in [-0.05, 0) is 72.2 Å². The smallest absolute Gasteiger partial charge is 0.265 e. The van der Waals surface area contributed by atoms with E-state index in [4.69, 9.17) is 0 Å². The van der Waals surface area contributed by atoms with Crippen LogP contribution in [0.3, 0.4) is 0 Å². The number of benzene rings is 3. The Morgan fingerprint density at radius 2 is 1.73 bits per heavy atom. The van der Waals surface area contributed by atoms with Crippen LogP contribution in [0.25, 0.3) is 6.08 Å². The standard InChI is InChI=1S/C32H34N2O2S/c1-21-10-8-12-27(23(21)3)33-31(35)25-17-15-24(16-18-25)19-30-32(36)34(20-26-11-5-4-9-22(26)2)28-13-6-7-14-29(28)37-30/h4-7,9,11,13-19,21,23,27H,8,10,12,20H2,1-3H3,(H,33,35)/b30-19+/t21-,23-,27-/m1/s1. The monoisotopic (exact) mass is 510 g/mol. The molecule has 1 aliphatic carbocycles. The number of anilines is 1. The van der Waals surface area contributed by atoms with Crippen molar-refractivity contribution in [2.24, 2.45) is 11.8 Å². The molecular weight excluding hydrogens is 476 g/mol. The molecular formula is C32H34N2O2S. The Hall–Kier alpha value is -3.31. The maximum absolute atomic E-state index is 13.6. The summed E-state index contributed by atoms with van der Waals surface area (Å²) in [6.45, 7) is 7.12. The van der Waals surface area contributed by atoms with E-state index < -0.39 is 0 Å². The van der Waals surface area contributed by atoms with Crippen molar-refractivity contribution in [3.8, 4) is 0 Å². The van der Waals surface area contributed by atoms with Crippen LogP contribution in [0.2, 0.25) is 0 Å². The first-order valence-electron chi connectivity index (χ1n) is 13.2. The van der Waals surface area contributed by atoms with Gasteiger partial charge in [0.15, 0.2) is 0 Å². The molecule has 0 unspecified atom stereocenters. The van der Waals surface area contributed by atoms with Gasteiger partial charge in [-0.3, -0.25) is 9.59 Å². The van der Waals surface area contributed by atoms with E-state index >= 15 is 0 Å². The lowest BCUT2D eigenvalue weighted by atomic mass is 9.78. The summed E-state index contributed by atoms with van der Waals surface area (Å²) in [5.74, 6) is 1.09. The van der Waals surface area contributed by atoms with Gasteiger partial charge in [-0.1, -0.05) is 87.0 Å². The molecule has 190 valence electrons. The molecule has 1 N–H and O–H groups in total. The second-order valence-corrected chi connectivity index (χ2v) is 11.4. The first kappa shape index (κ1) is 25.3. The predicted octanol–water partition coefficient (Wildman–Crippen LogP) is 7.23. The van der Waals surface area contributed by atoms with E-state index in [9.17, 15) is 9.59 Å². The maximum atomic E-state index is 13.6. The molecule has 2 amide bonds. The van der Waals surface area contributed by atoms with Gasteiger partial charge in [0.1, 0.15) is 0 Å². The molecule has 37 heavy (non-hydrogen) atoms. The second kappa shape index (κ2) is 11.0. The van der Waals surface area contributed by atoms with Crippen LogP contribution < -0.4 is 10.2 Å². The van der Waals surface area contributed by atoms with Crippen LogP contribution in [-0.4, -0.2) is 17.9 Å². The van der Waals surface area contributed by atoms with Crippen LogP contribution in [0.15, 0.2) is 82.6 Å². The van der Waals surface area contributed by atoms with Gasteiger partial charge < -0.3 is 10.2 Å². The lowest BCUT2D eigenvalue weighted by molar-refractivity contribution is -0.114. The predicted molar refractivity (Wildman–Crippen MR) is 153 cm³/mol. The number of carbonyl (C=O) groups excluding carboxylic acids is 2. The number of aryl methyl sites for hydroxylation is 1. The Kier molecular flexibility index (Phi) is 7.52. The van der Waals surface area contributed by atoms with Crippen molar-refractivity contribution in [3.05, 3.63) is 100.0 Å². The van der Waals surface area contributed by atoms with Gasteiger partial charge in [-0.25, -0.2) is 0 Å². The molecule has 1 saturated carbocycles. The number of carbonyl (C=O) groups is 2. The lowest BCUT2D eigenvalue weighted by Crippen LogP contribution is -2.43. The number of fused-ring (bicyclic) bond motifs is 1. The number of thioether (sulfide) groups is 1. The van der Waals surface area contributed by atoms with E-state index in [1.807, 2.05) is 65.6 Å². The minimum absolute atomic E-state index is 0.00539. The van der Waals surface area contributed by atoms with Gasteiger partial charge in [0.05, 0.1) is 17.1 Å². The van der Waals surface area contributed by atoms with E-state index in [0.717, 1.165) is 28.1 Å². The number of para-hydroxylation sites is 1. The Labute approximate surface area is 224 Å². The Morgan fingerprint density at radius 3 is 2.51 bits per heavy atom. The highest BCUT2D eigenvalue weighted by molar-refractivity contribution is 8.04. The SMILES string of the molecule is Cc1ccccc1CN1C(=O)/C(=C\c2ccc(C(=O)N[C@@H]3CCC[C@@H](C)[C@H]3C)cc2)Sc2ccccc21. The highest BCUT2D eigenvalue weighted by Gasteiger charge is 2.30. The van der Waals surface area contributed by atoms with Gasteiger partial charge in [0.2, 0.25) is 0 Å². The highest BCUT2D eigenvalue weighted by atomic mass is 32.2. The van der Waals surface area contributed by atoms with Crippen LogP contribution >= 0.6 is 11.8 Å². The van der Waals surface area contributed by atoms with Crippen molar-refractivity contribution in [2.45, 2.75) is 57.5 Å². The van der Waals surface area contributed by atoms with Crippen LogP contribution in [-0.2, 0) is 11.3 Å². The maximum Gasteiger partial charge on any atom is 0.265 e. The molecule has 3 aromatic rings.